The first-order valence-corrected chi connectivity index (χ1v) is 9.88. The molecule has 7 nitrogen and oxygen atoms in total. The summed E-state index contributed by atoms with van der Waals surface area (Å²) in [6.45, 7) is 6.64. The Morgan fingerprint density at radius 1 is 1.21 bits per heavy atom. The molecule has 0 aliphatic carbocycles. The molecule has 1 saturated heterocycles. The van der Waals surface area contributed by atoms with Crippen molar-refractivity contribution in [3.63, 3.8) is 0 Å². The largest absolute Gasteiger partial charge is 0.378 e. The number of benzene rings is 1. The number of H-pyrrole nitrogens is 1. The summed E-state index contributed by atoms with van der Waals surface area (Å²) < 4.78 is 5.33. The first-order valence-electron chi connectivity index (χ1n) is 9.88. The van der Waals surface area contributed by atoms with Gasteiger partial charge in [0, 0.05) is 36.5 Å². The summed E-state index contributed by atoms with van der Waals surface area (Å²) in [5.74, 6) is 0.463. The molecular weight excluding hydrogens is 356 g/mol. The Morgan fingerprint density at radius 2 is 1.93 bits per heavy atom. The molecule has 0 bridgehead atoms. The third kappa shape index (κ3) is 5.19. The number of nitrogens with zero attached hydrogens (tertiary/aromatic N) is 2. The predicted octanol–water partition coefficient (Wildman–Crippen LogP) is 2.44. The van der Waals surface area contributed by atoms with Crippen molar-refractivity contribution < 1.29 is 9.53 Å². The molecule has 0 unspecified atom stereocenters. The van der Waals surface area contributed by atoms with Crippen molar-refractivity contribution in [2.24, 2.45) is 0 Å². The van der Waals surface area contributed by atoms with Crippen molar-refractivity contribution >= 4 is 17.5 Å². The van der Waals surface area contributed by atoms with Crippen LogP contribution in [0.2, 0.25) is 0 Å². The number of nitrogens with one attached hydrogen (secondary N) is 2. The number of aromatic nitrogens is 2. The lowest BCUT2D eigenvalue weighted by molar-refractivity contribution is -0.116. The molecule has 1 aliphatic rings. The van der Waals surface area contributed by atoms with Gasteiger partial charge in [0.1, 0.15) is 0 Å². The summed E-state index contributed by atoms with van der Waals surface area (Å²) in [6, 6.07) is 7.89. The summed E-state index contributed by atoms with van der Waals surface area (Å²) in [6.07, 6.45) is 2.72. The second-order valence-corrected chi connectivity index (χ2v) is 7.05. The van der Waals surface area contributed by atoms with Crippen LogP contribution in [0.1, 0.15) is 36.6 Å². The monoisotopic (exact) mass is 384 g/mol. The molecule has 0 saturated carbocycles. The van der Waals surface area contributed by atoms with Gasteiger partial charge in [-0.3, -0.25) is 14.6 Å². The zero-order chi connectivity index (χ0) is 19.9. The molecule has 0 radical (unpaired) electrons. The van der Waals surface area contributed by atoms with E-state index in [2.05, 4.69) is 22.2 Å². The van der Waals surface area contributed by atoms with Crippen LogP contribution in [0.15, 0.2) is 29.1 Å². The van der Waals surface area contributed by atoms with Gasteiger partial charge in [-0.2, -0.15) is 0 Å². The van der Waals surface area contributed by atoms with Crippen molar-refractivity contribution in [3.05, 3.63) is 51.4 Å². The van der Waals surface area contributed by atoms with Crippen LogP contribution < -0.4 is 15.8 Å². The van der Waals surface area contributed by atoms with E-state index >= 15 is 0 Å². The summed E-state index contributed by atoms with van der Waals surface area (Å²) in [7, 11) is 0. The molecule has 1 aliphatic heterocycles. The van der Waals surface area contributed by atoms with Crippen LogP contribution in [0.25, 0.3) is 0 Å². The van der Waals surface area contributed by atoms with Crippen molar-refractivity contribution in [3.8, 4) is 0 Å². The quantitative estimate of drug-likeness (QED) is 0.766. The number of ether oxygens (including phenoxy) is 1. The number of aryl methyl sites for hydroxylation is 2. The van der Waals surface area contributed by atoms with Gasteiger partial charge in [-0.15, -0.1) is 0 Å². The second kappa shape index (κ2) is 9.50. The Bertz CT molecular complexity index is 855. The van der Waals surface area contributed by atoms with Crippen LogP contribution in [-0.4, -0.2) is 42.2 Å². The lowest BCUT2D eigenvalue weighted by atomic mass is 10.1. The van der Waals surface area contributed by atoms with Gasteiger partial charge in [-0.25, -0.2) is 4.98 Å². The van der Waals surface area contributed by atoms with Crippen LogP contribution in [0.4, 0.5) is 11.6 Å². The number of hydrogen-bond donors (Lipinski definition) is 2. The third-order valence-electron chi connectivity index (χ3n) is 4.90. The number of hydrogen-bond acceptors (Lipinski definition) is 5. The summed E-state index contributed by atoms with van der Waals surface area (Å²) in [5.41, 5.74) is 3.09. The molecule has 1 amide bonds. The number of amides is 1. The average Bonchev–Trinajstić information content (AvgIpc) is 2.69. The van der Waals surface area contributed by atoms with E-state index in [1.807, 2.05) is 36.1 Å². The summed E-state index contributed by atoms with van der Waals surface area (Å²) in [4.78, 5) is 34.1. The topological polar surface area (TPSA) is 87.3 Å². The Morgan fingerprint density at radius 3 is 2.57 bits per heavy atom. The molecule has 7 heteroatoms. The van der Waals surface area contributed by atoms with E-state index < -0.39 is 0 Å². The molecule has 1 fully saturated rings. The van der Waals surface area contributed by atoms with Crippen LogP contribution >= 0.6 is 0 Å². The fourth-order valence-corrected chi connectivity index (χ4v) is 3.32. The highest BCUT2D eigenvalue weighted by Gasteiger charge is 2.16. The minimum Gasteiger partial charge on any atom is -0.378 e. The Kier molecular flexibility index (Phi) is 6.81. The number of morpholine rings is 1. The Hall–Kier alpha value is -2.67. The van der Waals surface area contributed by atoms with Crippen LogP contribution in [0.3, 0.4) is 0 Å². The van der Waals surface area contributed by atoms with Gasteiger partial charge in [-0.1, -0.05) is 25.5 Å². The van der Waals surface area contributed by atoms with E-state index in [9.17, 15) is 9.59 Å². The van der Waals surface area contributed by atoms with Crippen LogP contribution in [0, 0.1) is 6.92 Å². The lowest BCUT2D eigenvalue weighted by Gasteiger charge is -2.27. The summed E-state index contributed by atoms with van der Waals surface area (Å²) >= 11 is 0. The van der Waals surface area contributed by atoms with Gasteiger partial charge >= 0.3 is 0 Å². The van der Waals surface area contributed by atoms with Crippen molar-refractivity contribution in [2.45, 2.75) is 39.5 Å². The van der Waals surface area contributed by atoms with E-state index in [0.717, 1.165) is 18.5 Å². The Balaban J connectivity index is 1.59. The van der Waals surface area contributed by atoms with Crippen molar-refractivity contribution in [1.29, 1.82) is 0 Å². The normalized spacial score (nSPS) is 14.1. The second-order valence-electron chi connectivity index (χ2n) is 7.05. The maximum atomic E-state index is 12.5. The van der Waals surface area contributed by atoms with Gasteiger partial charge in [0.2, 0.25) is 11.9 Å². The van der Waals surface area contributed by atoms with Gasteiger partial charge in [0.15, 0.2) is 0 Å². The van der Waals surface area contributed by atoms with Gasteiger partial charge in [0.25, 0.3) is 5.56 Å². The maximum Gasteiger partial charge on any atom is 0.255 e. The molecule has 2 N–H and O–H groups in total. The number of carbonyl (C=O) groups is 1. The zero-order valence-electron chi connectivity index (χ0n) is 16.6. The minimum absolute atomic E-state index is 0.112. The van der Waals surface area contributed by atoms with Crippen molar-refractivity contribution in [1.82, 2.24) is 9.97 Å². The van der Waals surface area contributed by atoms with E-state index in [1.54, 1.807) is 0 Å². The molecule has 3 rings (SSSR count). The van der Waals surface area contributed by atoms with Crippen LogP contribution in [-0.2, 0) is 22.4 Å². The minimum atomic E-state index is -0.175. The summed E-state index contributed by atoms with van der Waals surface area (Å²) in [5, 5.41) is 2.89. The molecule has 1 aromatic heterocycles. The standard InChI is InChI=1S/C21H28N4O3/c1-3-4-16-5-7-17(8-6-16)23-19(26)10-9-18-15(2)22-21(24-20(18)27)25-11-13-28-14-12-25/h5-8H,3-4,9-14H2,1-2H3,(H,23,26)(H,22,24,27). The Labute approximate surface area is 165 Å². The number of carbonyl (C=O) groups excluding carboxylic acids is 1. The smallest absolute Gasteiger partial charge is 0.255 e. The highest BCUT2D eigenvalue weighted by atomic mass is 16.5. The first kappa shape index (κ1) is 20.1. The molecular formula is C21H28N4O3. The molecule has 0 spiro atoms. The fourth-order valence-electron chi connectivity index (χ4n) is 3.32. The van der Waals surface area contributed by atoms with Crippen LogP contribution in [0.5, 0.6) is 0 Å². The number of rotatable bonds is 7. The van der Waals surface area contributed by atoms with Gasteiger partial charge in [-0.05, 0) is 37.5 Å². The highest BCUT2D eigenvalue weighted by molar-refractivity contribution is 5.90. The maximum absolute atomic E-state index is 12.5. The molecule has 0 atom stereocenters. The van der Waals surface area contributed by atoms with E-state index in [4.69, 9.17) is 4.74 Å². The molecule has 1 aromatic carbocycles. The SMILES string of the molecule is CCCc1ccc(NC(=O)CCc2c(C)nc(N3CCOCC3)[nH]c2=O)cc1. The average molecular weight is 384 g/mol. The van der Waals surface area contributed by atoms with Gasteiger partial charge in [0.05, 0.1) is 13.2 Å². The molecule has 150 valence electrons. The van der Waals surface area contributed by atoms with Gasteiger partial charge < -0.3 is 15.0 Å². The zero-order valence-corrected chi connectivity index (χ0v) is 16.6. The number of anilines is 2. The van der Waals surface area contributed by atoms with E-state index in [0.29, 0.717) is 49.9 Å². The molecule has 28 heavy (non-hydrogen) atoms. The fraction of sp³-hybridized carbons (Fsp3) is 0.476. The van der Waals surface area contributed by atoms with Crippen molar-refractivity contribution in [2.75, 3.05) is 36.5 Å². The lowest BCUT2D eigenvalue weighted by Crippen LogP contribution is -2.38. The molecule has 2 heterocycles. The highest BCUT2D eigenvalue weighted by Crippen LogP contribution is 2.13. The number of aromatic amines is 1. The third-order valence-corrected chi connectivity index (χ3v) is 4.90. The van der Waals surface area contributed by atoms with E-state index in [-0.39, 0.29) is 17.9 Å². The molecule has 2 aromatic rings. The predicted molar refractivity (Wildman–Crippen MR) is 110 cm³/mol. The first-order chi connectivity index (χ1) is 13.6. The van der Waals surface area contributed by atoms with E-state index in [1.165, 1.54) is 5.56 Å².